The number of aliphatic hydroxyl groups excluding tert-OH is 1. The highest BCUT2D eigenvalue weighted by atomic mass is 32.2. The van der Waals surface area contributed by atoms with Gasteiger partial charge in [-0.05, 0) is 24.4 Å². The minimum Gasteiger partial charge on any atom is -0.390 e. The normalized spacial score (nSPS) is 24.5. The molecule has 0 aliphatic carbocycles. The van der Waals surface area contributed by atoms with E-state index in [4.69, 9.17) is 16.6 Å². The first kappa shape index (κ1) is 24.7. The zero-order valence-electron chi connectivity index (χ0n) is 17.2. The van der Waals surface area contributed by atoms with E-state index in [2.05, 4.69) is 26.8 Å². The molecule has 0 aromatic heterocycles. The molecule has 4 atom stereocenters. The minimum absolute atomic E-state index is 0.0440. The molecular formula is C16H29FN9O4S2+. The van der Waals surface area contributed by atoms with E-state index >= 15 is 0 Å². The Morgan fingerprint density at radius 1 is 1.44 bits per heavy atom. The number of amidine groups is 1. The first-order chi connectivity index (χ1) is 15.0. The Morgan fingerprint density at radius 3 is 2.72 bits per heavy atom. The fraction of sp³-hybridized carbons (Fsp3) is 0.500. The van der Waals surface area contributed by atoms with E-state index in [0.29, 0.717) is 18.7 Å². The van der Waals surface area contributed by atoms with E-state index in [1.807, 2.05) is 0 Å². The van der Waals surface area contributed by atoms with Crippen molar-refractivity contribution in [3.05, 3.63) is 17.7 Å². The third kappa shape index (κ3) is 5.19. The van der Waals surface area contributed by atoms with Gasteiger partial charge in [-0.15, -0.1) is 5.10 Å². The van der Waals surface area contributed by atoms with Gasteiger partial charge in [-0.25, -0.2) is 21.7 Å². The first-order valence-corrected chi connectivity index (χ1v) is 13.0. The Hall–Kier alpha value is -1.89. The van der Waals surface area contributed by atoms with Gasteiger partial charge in [-0.1, -0.05) is 5.53 Å². The Labute approximate surface area is 185 Å². The molecule has 2 aliphatic rings. The number of halogens is 1. The summed E-state index contributed by atoms with van der Waals surface area (Å²) in [7, 11) is -7.91. The highest BCUT2D eigenvalue weighted by Crippen LogP contribution is 2.34. The van der Waals surface area contributed by atoms with Crippen molar-refractivity contribution < 1.29 is 27.5 Å². The molecule has 0 amide bonds. The van der Waals surface area contributed by atoms with Crippen LogP contribution in [-0.4, -0.2) is 73.9 Å². The van der Waals surface area contributed by atoms with E-state index in [9.17, 15) is 22.1 Å². The van der Waals surface area contributed by atoms with Gasteiger partial charge in [0, 0.05) is 25.7 Å². The second kappa shape index (κ2) is 9.54. The lowest BCUT2D eigenvalue weighted by Gasteiger charge is -2.35. The number of hydrazine groups is 1. The van der Waals surface area contributed by atoms with Crippen LogP contribution in [0.4, 0.5) is 10.1 Å². The number of benzene rings is 1. The molecule has 1 fully saturated rings. The molecule has 0 spiro atoms. The average molecular weight is 495 g/mol. The van der Waals surface area contributed by atoms with Crippen molar-refractivity contribution in [1.29, 1.82) is 0 Å². The summed E-state index contributed by atoms with van der Waals surface area (Å²) in [6.45, 7) is -0.176. The molecule has 13 nitrogen and oxygen atoms in total. The number of nitrogens with one attached hydrogen (secondary N) is 3. The Kier molecular flexibility index (Phi) is 7.38. The number of nitrogens with zero attached hydrogens (tertiary/aromatic N) is 2. The van der Waals surface area contributed by atoms with Gasteiger partial charge >= 0.3 is 0 Å². The lowest BCUT2D eigenvalue weighted by molar-refractivity contribution is -0.601. The van der Waals surface area contributed by atoms with E-state index in [-0.39, 0.29) is 35.9 Å². The molecule has 32 heavy (non-hydrogen) atoms. The van der Waals surface area contributed by atoms with Gasteiger partial charge in [0.05, 0.1) is 37.8 Å². The predicted octanol–water partition coefficient (Wildman–Crippen LogP) is -4.64. The molecule has 0 bridgehead atoms. The number of aliphatic hydroxyl groups is 1. The number of piperidine rings is 1. The van der Waals surface area contributed by atoms with Crippen LogP contribution < -0.4 is 42.7 Å². The number of hydrazone groups is 1. The third-order valence-corrected chi connectivity index (χ3v) is 7.86. The van der Waals surface area contributed by atoms with Crippen LogP contribution in [0.15, 0.2) is 27.0 Å². The summed E-state index contributed by atoms with van der Waals surface area (Å²) < 4.78 is 55.7. The maximum absolute atomic E-state index is 14.4. The van der Waals surface area contributed by atoms with Crippen LogP contribution in [0.25, 0.3) is 0 Å². The van der Waals surface area contributed by atoms with Crippen LogP contribution in [-0.2, 0) is 19.7 Å². The maximum atomic E-state index is 14.4. The lowest BCUT2D eigenvalue weighted by Crippen LogP contribution is -2.95. The van der Waals surface area contributed by atoms with Crippen molar-refractivity contribution >= 4 is 37.1 Å². The summed E-state index contributed by atoms with van der Waals surface area (Å²) in [6, 6.07) is 2.08. The van der Waals surface area contributed by atoms with Gasteiger partial charge in [0.1, 0.15) is 11.7 Å². The van der Waals surface area contributed by atoms with Crippen molar-refractivity contribution in [3.8, 4) is 0 Å². The molecule has 1 aromatic carbocycles. The highest BCUT2D eigenvalue weighted by Gasteiger charge is 2.36. The summed E-state index contributed by atoms with van der Waals surface area (Å²) in [5, 5.41) is 19.6. The molecule has 0 saturated carbocycles. The maximum Gasteiger partial charge on any atom is 0.274 e. The molecule has 3 rings (SSSR count). The van der Waals surface area contributed by atoms with Crippen molar-refractivity contribution in [2.75, 3.05) is 31.1 Å². The van der Waals surface area contributed by atoms with Crippen LogP contribution in [0.1, 0.15) is 12.0 Å². The summed E-state index contributed by atoms with van der Waals surface area (Å²) in [4.78, 5) is 1.02. The number of alkyl halides is 1. The number of nitrogens with two attached hydrogens (primary N) is 4. The lowest BCUT2D eigenvalue weighted by atomic mass is 10.0. The van der Waals surface area contributed by atoms with E-state index in [0.717, 1.165) is 0 Å². The second-order valence-corrected chi connectivity index (χ2v) is 11.2. The summed E-state index contributed by atoms with van der Waals surface area (Å²) in [5.74, 6) is 3.70. The van der Waals surface area contributed by atoms with Gasteiger partial charge < -0.3 is 21.5 Å². The largest absolute Gasteiger partial charge is 0.390 e. The van der Waals surface area contributed by atoms with Crippen molar-refractivity contribution in [3.63, 3.8) is 0 Å². The molecule has 2 aliphatic heterocycles. The van der Waals surface area contributed by atoms with Crippen LogP contribution in [0.5, 0.6) is 0 Å². The predicted molar refractivity (Wildman–Crippen MR) is 119 cm³/mol. The SMILES string of the molecule is C=S(N)(=O)c1c(S(=O)(=O)NC[C@H](O)CN)ccc(N2CC[C@@H](N)[C@@H](F)C2)c1C1=NNN[NH2+]1. The molecule has 12 N–H and O–H groups in total. The Morgan fingerprint density at radius 2 is 2.16 bits per heavy atom. The van der Waals surface area contributed by atoms with Gasteiger partial charge in [0.25, 0.3) is 5.84 Å². The quantitative estimate of drug-likeness (QED) is 0.128. The van der Waals surface area contributed by atoms with Gasteiger partial charge in [-0.2, -0.15) is 11.0 Å². The fourth-order valence-corrected chi connectivity index (χ4v) is 6.36. The van der Waals surface area contributed by atoms with Crippen LogP contribution in [0, 0.1) is 0 Å². The van der Waals surface area contributed by atoms with Crippen LogP contribution in [0.2, 0.25) is 0 Å². The first-order valence-electron chi connectivity index (χ1n) is 9.72. The molecule has 2 heterocycles. The van der Waals surface area contributed by atoms with E-state index < -0.39 is 42.9 Å². The molecule has 180 valence electrons. The standard InChI is InChI=1S/C16H28FN9O4S2/c1-31(20,28)15-13(32(29,30)21-7-9(27)6-18)3-2-12(14(15)16-22-24-25-23-16)26-5-4-11(19)10(17)8-26/h2-3,9-11,21,24-25,27H,1,4-8,18-19H2,(H2,20,28)(H,22,23)/p+1/t9-,10+,11-,31?/m1/s1. The zero-order chi connectivity index (χ0) is 23.7. The molecule has 1 aromatic rings. The topological polar surface area (TPSA) is 218 Å². The number of hydrogen-bond donors (Lipinski definition) is 8. The van der Waals surface area contributed by atoms with Crippen molar-refractivity contribution in [1.82, 2.24) is 15.8 Å². The van der Waals surface area contributed by atoms with Crippen LogP contribution in [0.3, 0.4) is 0 Å². The smallest absolute Gasteiger partial charge is 0.274 e. The summed E-state index contributed by atoms with van der Waals surface area (Å²) in [6.07, 6.45) is -2.06. The van der Waals surface area contributed by atoms with E-state index in [1.165, 1.54) is 17.6 Å². The third-order valence-electron chi connectivity index (χ3n) is 5.15. The zero-order valence-corrected chi connectivity index (χ0v) is 18.8. The number of quaternary nitrogens is 1. The van der Waals surface area contributed by atoms with Crippen molar-refractivity contribution in [2.45, 2.75) is 34.5 Å². The number of anilines is 1. The highest BCUT2D eigenvalue weighted by molar-refractivity contribution is 7.99. The number of hydrogen-bond acceptors (Lipinski definition) is 10. The van der Waals surface area contributed by atoms with Gasteiger partial charge in [0.2, 0.25) is 10.0 Å². The minimum atomic E-state index is -4.29. The van der Waals surface area contributed by atoms with Crippen LogP contribution >= 0.6 is 0 Å². The van der Waals surface area contributed by atoms with Crippen molar-refractivity contribution in [2.24, 2.45) is 21.7 Å². The Bertz CT molecular complexity index is 1100. The molecule has 1 unspecified atom stereocenters. The summed E-state index contributed by atoms with van der Waals surface area (Å²) in [5.41, 5.74) is 18.2. The number of rotatable bonds is 8. The number of sulfonamides is 1. The van der Waals surface area contributed by atoms with Gasteiger partial charge in [-0.3, -0.25) is 5.14 Å². The monoisotopic (exact) mass is 494 g/mol. The molecule has 0 radical (unpaired) electrons. The Balaban J connectivity index is 2.20. The average Bonchev–Trinajstić information content (AvgIpc) is 3.27. The molecule has 16 heteroatoms. The van der Waals surface area contributed by atoms with Gasteiger partial charge in [0.15, 0.2) is 0 Å². The second-order valence-electron chi connectivity index (χ2n) is 7.57. The van der Waals surface area contributed by atoms with E-state index in [1.54, 1.807) is 4.90 Å². The fourth-order valence-electron chi connectivity index (χ4n) is 3.48. The molecule has 1 saturated heterocycles. The summed E-state index contributed by atoms with van der Waals surface area (Å²) >= 11 is 0. The molecular weight excluding hydrogens is 465 g/mol.